The molecule has 0 aromatic heterocycles. The van der Waals surface area contributed by atoms with Crippen LogP contribution in [0.3, 0.4) is 0 Å². The fourth-order valence-electron chi connectivity index (χ4n) is 20.7. The van der Waals surface area contributed by atoms with E-state index in [1.54, 1.807) is 83.8 Å². The molecule has 0 bridgehead atoms. The largest absolute Gasteiger partial charge is 0.477 e. The van der Waals surface area contributed by atoms with Gasteiger partial charge in [0.05, 0.1) is 122 Å². The molecule has 1 saturated carbocycles. The summed E-state index contributed by atoms with van der Waals surface area (Å²) in [6, 6.07) is 26.5. The number of likely N-dealkylation sites (tertiary alicyclic amines) is 4. The van der Waals surface area contributed by atoms with Gasteiger partial charge >= 0.3 is 65.4 Å². The SMILES string of the molecule is CC(C)(C(=O)[N+]1(C)CCCC1C(=O)O)[N+](C)(C)C(C)(CCc1ccccc1)C(=O)O.CC(C)(CS)C(=O)[N+]1(C)CCCC1C(=O)O.CC(CCc1ccccc1)(C(=O)O)[N+](C)(C)C(C)(CCCC[N+](C)(C)C)C(=O)[N+]1(C)CCCC1C(=O)O.CCC(=O)OC(C)(COP(=O)(CCCCc1ccccc1)CC(=O)[N+]1(C)CC(C)(C2(C)CCCCC2)CC1C(=O)O)C(C)(C)C. The highest BCUT2D eigenvalue weighted by Gasteiger charge is 2.69. The van der Waals surface area contributed by atoms with Crippen molar-refractivity contribution in [1.82, 2.24) is 0 Å². The Hall–Kier alpha value is -7.11. The highest BCUT2D eigenvalue weighted by atomic mass is 32.1. The van der Waals surface area contributed by atoms with Gasteiger partial charge in [0.1, 0.15) is 11.8 Å². The molecule has 4 saturated heterocycles. The number of aliphatic carboxylic acids is 6. The van der Waals surface area contributed by atoms with Crippen LogP contribution in [0.15, 0.2) is 91.0 Å². The van der Waals surface area contributed by atoms with Crippen molar-refractivity contribution in [1.29, 1.82) is 0 Å². The van der Waals surface area contributed by atoms with Crippen LogP contribution in [-0.2, 0) is 85.8 Å². The molecule has 4 heterocycles. The number of amides is 4. The van der Waals surface area contributed by atoms with Crippen LogP contribution in [0.25, 0.3) is 0 Å². The van der Waals surface area contributed by atoms with Crippen molar-refractivity contribution in [3.63, 3.8) is 0 Å². The summed E-state index contributed by atoms with van der Waals surface area (Å²) in [6.45, 7) is 29.0. The van der Waals surface area contributed by atoms with E-state index in [0.717, 1.165) is 79.9 Å². The van der Waals surface area contributed by atoms with Crippen molar-refractivity contribution >= 4 is 85.4 Å². The number of likely N-dealkylation sites (N-methyl/N-ethyl adjacent to an activating group) is 6. The first-order chi connectivity index (χ1) is 58.7. The monoisotopic (exact) mass is 1840 g/mol. The van der Waals surface area contributed by atoms with E-state index in [-0.39, 0.29) is 92.7 Å². The molecule has 5 aliphatic rings. The Kier molecular flexibility index (Phi) is 37.7. The van der Waals surface area contributed by atoms with Gasteiger partial charge in [0.2, 0.25) is 18.4 Å². The summed E-state index contributed by atoms with van der Waals surface area (Å²) >= 11 is 4.17. The van der Waals surface area contributed by atoms with Gasteiger partial charge in [0.15, 0.2) is 35.2 Å². The number of nitrogens with zero attached hydrogens (tertiary/aromatic N) is 7. The lowest BCUT2D eigenvalue weighted by molar-refractivity contribution is -0.980. The van der Waals surface area contributed by atoms with Gasteiger partial charge in [-0.2, -0.15) is 12.6 Å². The molecule has 128 heavy (non-hydrogen) atoms. The Morgan fingerprint density at radius 3 is 1.26 bits per heavy atom. The Bertz CT molecular complexity index is 4400. The summed E-state index contributed by atoms with van der Waals surface area (Å²) in [4.78, 5) is 141. The summed E-state index contributed by atoms with van der Waals surface area (Å²) in [5.74, 6) is -6.42. The van der Waals surface area contributed by atoms with Crippen LogP contribution >= 0.6 is 20.0 Å². The van der Waals surface area contributed by atoms with Crippen molar-refractivity contribution in [2.75, 3.05) is 135 Å². The van der Waals surface area contributed by atoms with Gasteiger partial charge in [-0.3, -0.25) is 27.3 Å². The second-order valence-corrected chi connectivity index (χ2v) is 47.0. The average Bonchev–Trinajstić information content (AvgIpc) is 1.14. The number of unbranched alkanes of at least 4 members (excludes halogenated alkanes) is 2. The van der Waals surface area contributed by atoms with Crippen molar-refractivity contribution < 1.29 is 129 Å². The fraction of sp³-hybridized carbons (Fsp3) is 0.707. The van der Waals surface area contributed by atoms with Crippen LogP contribution in [0.5, 0.6) is 0 Å². The standard InChI is InChI=1S/C36H58NO7P.C29H48N3O5.C23H34N2O5.C11H19NO3S/c1-9-31(39)44-36(7,33(2,3)4)27-43-45(42,23-17-14-20-28-18-12-10-13-19-28)25-30(38)37(8)26-35(6,24-29(37)32(40)41)34(5)21-15-11-16-22-34;1-28(19-12-13-21-30(3,4)5,26(35)32(8)22-14-17-24(32)25(33)34)31(6,7)29(2,27(36)37)20-18-23-15-10-9-11-16-23;1-22(2,20(28)25(6)16-10-13-18(25)19(26)27)24(4,5)23(3,21(29)30)15-14-17-11-8-7-9-12-17;1-11(2,7-16)10(15)12(3)6-4-5-8(12)9(13)14/h10,12-13,18-19,29H,9,11,14-17,20-27H2,1-8H3;9-11,15-16,24H,12-14,17-22H2,1-8H3;7-9,11-12,18H,10,13-16H2,1-6H3;8H,4-7H2,1-3H3,(H-,13,14,16)/q;+1;;/p+6. The molecular formula is C99H165N7O20PS+7. The number of rotatable bonds is 38. The third-order valence-corrected chi connectivity index (χ3v) is 35.5. The maximum Gasteiger partial charge on any atom is 0.374 e. The molecule has 4 amide bonds. The lowest BCUT2D eigenvalue weighted by Crippen LogP contribution is -2.78. The van der Waals surface area contributed by atoms with E-state index >= 15 is 0 Å². The first-order valence-corrected chi connectivity index (χ1v) is 49.0. The molecule has 5 fully saturated rings. The van der Waals surface area contributed by atoms with Crippen molar-refractivity contribution in [2.45, 2.75) is 297 Å². The van der Waals surface area contributed by atoms with Gasteiger partial charge in [-0.15, -0.1) is 0 Å². The lowest BCUT2D eigenvalue weighted by atomic mass is 9.58. The molecule has 0 spiro atoms. The summed E-state index contributed by atoms with van der Waals surface area (Å²) in [5.41, 5.74) is -4.00. The van der Waals surface area contributed by atoms with Gasteiger partial charge in [-0.25, -0.2) is 56.9 Å². The van der Waals surface area contributed by atoms with Crippen LogP contribution in [0.1, 0.15) is 242 Å². The number of benzene rings is 3. The van der Waals surface area contributed by atoms with Crippen LogP contribution in [0.4, 0.5) is 0 Å². The zero-order valence-electron chi connectivity index (χ0n) is 82.5. The molecule has 0 radical (unpaired) electrons. The fourth-order valence-corrected chi connectivity index (χ4v) is 23.1. The van der Waals surface area contributed by atoms with Gasteiger partial charge in [0.25, 0.3) is 0 Å². The number of carbonyl (C=O) groups is 11. The highest BCUT2D eigenvalue weighted by molar-refractivity contribution is 7.80. The van der Waals surface area contributed by atoms with Gasteiger partial charge in [-0.1, -0.05) is 152 Å². The van der Waals surface area contributed by atoms with E-state index in [1.807, 2.05) is 135 Å². The number of carboxylic acid groups (broad SMARTS) is 6. The maximum atomic E-state index is 14.7. The molecule has 4 aliphatic heterocycles. The Labute approximate surface area is 770 Å². The van der Waals surface area contributed by atoms with E-state index < -0.39 is 106 Å². The zero-order chi connectivity index (χ0) is 97.5. The minimum atomic E-state index is -3.61. The first kappa shape index (κ1) is 111. The summed E-state index contributed by atoms with van der Waals surface area (Å²) in [6.07, 6.45) is 15.7. The van der Waals surface area contributed by atoms with Crippen molar-refractivity contribution in [2.24, 2.45) is 21.7 Å². The van der Waals surface area contributed by atoms with Crippen LogP contribution in [-0.4, -0.2) is 314 Å². The van der Waals surface area contributed by atoms with E-state index in [1.165, 1.54) is 12.0 Å². The minimum absolute atomic E-state index is 0.0168. The smallest absolute Gasteiger partial charge is 0.374 e. The quantitative estimate of drug-likeness (QED) is 0.00921. The Morgan fingerprint density at radius 2 is 0.875 bits per heavy atom. The van der Waals surface area contributed by atoms with Crippen molar-refractivity contribution in [3.05, 3.63) is 108 Å². The van der Waals surface area contributed by atoms with E-state index in [2.05, 4.69) is 59.8 Å². The third kappa shape index (κ3) is 24.8. The molecular weight excluding hydrogens is 1670 g/mol. The summed E-state index contributed by atoms with van der Waals surface area (Å²) in [5, 5.41) is 60.0. The number of thiol groups is 1. The molecule has 27 nitrogen and oxygen atoms in total. The van der Waals surface area contributed by atoms with Gasteiger partial charge in [0, 0.05) is 128 Å². The minimum Gasteiger partial charge on any atom is -0.477 e. The third-order valence-electron chi connectivity index (χ3n) is 32.3. The van der Waals surface area contributed by atoms with Crippen LogP contribution < -0.4 is 0 Å². The second-order valence-electron chi connectivity index (χ2n) is 44.0. The second kappa shape index (κ2) is 43.3. The normalized spacial score (nSPS) is 26.1. The predicted octanol–water partition coefficient (Wildman–Crippen LogP) is 15.0. The zero-order valence-corrected chi connectivity index (χ0v) is 84.3. The highest BCUT2D eigenvalue weighted by Crippen LogP contribution is 2.59. The molecule has 14 unspecified atom stereocenters. The predicted molar refractivity (Wildman–Crippen MR) is 501 cm³/mol. The number of carboxylic acids is 6. The molecule has 720 valence electrons. The number of hydrogen-bond donors (Lipinski definition) is 7. The number of ether oxygens (including phenoxy) is 1. The van der Waals surface area contributed by atoms with E-state index in [0.29, 0.717) is 109 Å². The molecule has 14 atom stereocenters. The molecule has 8 rings (SSSR count). The first-order valence-electron chi connectivity index (χ1n) is 46.3. The number of aryl methyl sites for hydroxylation is 3. The van der Waals surface area contributed by atoms with Crippen LogP contribution in [0.2, 0.25) is 0 Å². The average molecular weight is 1840 g/mol. The number of quaternary nitrogens is 7. The van der Waals surface area contributed by atoms with Crippen molar-refractivity contribution in [3.8, 4) is 0 Å². The van der Waals surface area contributed by atoms with Gasteiger partial charge < -0.3 is 44.4 Å². The molecule has 3 aromatic carbocycles. The Morgan fingerprint density at radius 1 is 0.477 bits per heavy atom. The summed E-state index contributed by atoms with van der Waals surface area (Å²) < 4.78 is 26.9. The topological polar surface area (TPSA) is 345 Å². The number of esters is 1. The molecule has 29 heteroatoms. The lowest BCUT2D eigenvalue weighted by Gasteiger charge is -2.54. The van der Waals surface area contributed by atoms with E-state index in [4.69, 9.17) is 14.4 Å². The van der Waals surface area contributed by atoms with Gasteiger partial charge in [-0.05, 0) is 101 Å². The number of carbonyl (C=O) groups excluding carboxylic acids is 5. The molecule has 6 N–H and O–H groups in total. The molecule has 1 aliphatic carbocycles. The van der Waals surface area contributed by atoms with E-state index in [9.17, 15) is 82.8 Å². The number of hydrogen-bond acceptors (Lipinski definition) is 15. The summed E-state index contributed by atoms with van der Waals surface area (Å²) in [7, 11) is 16.9. The maximum absolute atomic E-state index is 14.7. The Balaban J connectivity index is 0.000000317. The van der Waals surface area contributed by atoms with Crippen LogP contribution in [0, 0.1) is 21.7 Å². The molecule has 3 aromatic rings.